The van der Waals surface area contributed by atoms with Crippen LogP contribution in [0, 0.1) is 11.6 Å². The van der Waals surface area contributed by atoms with Gasteiger partial charge in [0.1, 0.15) is 23.2 Å². The molecule has 1 aliphatic heterocycles. The first-order chi connectivity index (χ1) is 14.3. The normalized spacial score (nSPS) is 20.9. The lowest BCUT2D eigenvalue weighted by molar-refractivity contribution is -0.125. The Labute approximate surface area is 175 Å². The smallest absolute Gasteiger partial charge is 0.252 e. The predicted octanol–water partition coefficient (Wildman–Crippen LogP) is 0.723. The van der Waals surface area contributed by atoms with Crippen LogP contribution in [0.3, 0.4) is 0 Å². The van der Waals surface area contributed by atoms with Gasteiger partial charge >= 0.3 is 0 Å². The van der Waals surface area contributed by atoms with Crippen molar-refractivity contribution in [2.45, 2.75) is 17.7 Å². The van der Waals surface area contributed by atoms with Crippen molar-refractivity contribution >= 4 is 35.2 Å². The fraction of sp³-hybridized carbons (Fsp3) is 0.211. The molecule has 6 N–H and O–H groups in total. The second-order valence-corrected chi connectivity index (χ2v) is 7.50. The number of nitrogens with one attached hydrogen (secondary N) is 4. The molecular weight excluding hydrogens is 416 g/mol. The number of thioether (sulfide) groups is 1. The summed E-state index contributed by atoms with van der Waals surface area (Å²) in [5, 5.41) is 10.5. The molecule has 3 unspecified atom stereocenters. The number of hydrogen-bond donors (Lipinski definition) is 5. The maximum atomic E-state index is 13.2. The van der Waals surface area contributed by atoms with Gasteiger partial charge in [0.15, 0.2) is 0 Å². The summed E-state index contributed by atoms with van der Waals surface area (Å²) < 4.78 is 26.1. The Morgan fingerprint density at radius 2 is 1.83 bits per heavy atom. The van der Waals surface area contributed by atoms with Crippen molar-refractivity contribution in [2.75, 3.05) is 11.1 Å². The van der Waals surface area contributed by atoms with E-state index in [-0.39, 0.29) is 17.2 Å². The van der Waals surface area contributed by atoms with Crippen molar-refractivity contribution < 1.29 is 23.2 Å². The van der Waals surface area contributed by atoms with Gasteiger partial charge < -0.3 is 21.7 Å². The van der Waals surface area contributed by atoms with Gasteiger partial charge in [0.2, 0.25) is 11.8 Å². The fourth-order valence-electron chi connectivity index (χ4n) is 2.69. The van der Waals surface area contributed by atoms with Gasteiger partial charge in [-0.1, -0.05) is 6.07 Å². The molecule has 1 saturated heterocycles. The van der Waals surface area contributed by atoms with E-state index in [1.807, 2.05) is 0 Å². The highest BCUT2D eigenvalue weighted by atomic mass is 32.2. The molecular formula is C19H19F2N5O3S. The van der Waals surface area contributed by atoms with Gasteiger partial charge in [0.05, 0.1) is 11.9 Å². The number of carbonyl (C=O) groups excluding carboxylic acids is 3. The molecule has 0 spiro atoms. The Morgan fingerprint density at radius 1 is 1.10 bits per heavy atom. The van der Waals surface area contributed by atoms with Gasteiger partial charge in [-0.2, -0.15) is 0 Å². The molecule has 8 nitrogen and oxygen atoms in total. The third kappa shape index (κ3) is 5.75. The second kappa shape index (κ2) is 9.65. The number of carbonyl (C=O) groups is 3. The van der Waals surface area contributed by atoms with Crippen molar-refractivity contribution in [1.82, 2.24) is 16.0 Å². The summed E-state index contributed by atoms with van der Waals surface area (Å²) in [5.41, 5.74) is 5.80. The summed E-state index contributed by atoms with van der Waals surface area (Å²) in [6.45, 7) is 0. The average molecular weight is 435 g/mol. The molecule has 0 aromatic heterocycles. The number of nitrogens with two attached hydrogens (primary N) is 1. The summed E-state index contributed by atoms with van der Waals surface area (Å²) in [5.74, 6) is -2.48. The number of hydrogen-bond acceptors (Lipinski definition) is 6. The summed E-state index contributed by atoms with van der Waals surface area (Å²) in [6.07, 6.45) is -0.910. The van der Waals surface area contributed by atoms with E-state index in [2.05, 4.69) is 21.3 Å². The van der Waals surface area contributed by atoms with E-state index in [4.69, 9.17) is 5.73 Å². The van der Waals surface area contributed by atoms with E-state index in [1.165, 1.54) is 30.3 Å². The van der Waals surface area contributed by atoms with Gasteiger partial charge in [0.25, 0.3) is 5.91 Å². The Morgan fingerprint density at radius 3 is 2.50 bits per heavy atom. The van der Waals surface area contributed by atoms with Crippen molar-refractivity contribution in [2.24, 2.45) is 5.73 Å². The highest BCUT2D eigenvalue weighted by Gasteiger charge is 2.35. The number of rotatable bonds is 6. The first-order valence-corrected chi connectivity index (χ1v) is 9.92. The van der Waals surface area contributed by atoms with Crippen LogP contribution in [0.5, 0.6) is 0 Å². The van der Waals surface area contributed by atoms with Gasteiger partial charge in [-0.3, -0.25) is 19.7 Å². The molecule has 1 fully saturated rings. The molecule has 0 bridgehead atoms. The van der Waals surface area contributed by atoms with Crippen molar-refractivity contribution in [1.29, 1.82) is 0 Å². The zero-order valence-corrected chi connectivity index (χ0v) is 16.3. The molecule has 2 aromatic rings. The topological polar surface area (TPSA) is 125 Å². The average Bonchev–Trinajstić information content (AvgIpc) is 2.69. The Hall–Kier alpha value is -3.02. The van der Waals surface area contributed by atoms with Crippen LogP contribution >= 0.6 is 11.8 Å². The maximum Gasteiger partial charge on any atom is 0.252 e. The number of amides is 3. The monoisotopic (exact) mass is 435 g/mol. The molecule has 3 rings (SSSR count). The molecule has 0 radical (unpaired) electrons. The predicted molar refractivity (Wildman–Crippen MR) is 108 cm³/mol. The second-order valence-electron chi connectivity index (χ2n) is 6.41. The van der Waals surface area contributed by atoms with E-state index in [9.17, 15) is 23.2 Å². The minimum Gasteiger partial charge on any atom is -0.338 e. The Bertz CT molecular complexity index is 944. The number of benzene rings is 2. The van der Waals surface area contributed by atoms with Gasteiger partial charge in [0, 0.05) is 11.3 Å². The SMILES string of the molecule is NC1NC(SCC(=O)Nc2cccc(F)c2)NC(=O)C1NC(=O)c1ccc(F)cc1. The molecule has 30 heavy (non-hydrogen) atoms. The van der Waals surface area contributed by atoms with Crippen molar-refractivity contribution in [3.63, 3.8) is 0 Å². The molecule has 3 atom stereocenters. The summed E-state index contributed by atoms with van der Waals surface area (Å²) in [7, 11) is 0. The lowest BCUT2D eigenvalue weighted by Gasteiger charge is -2.35. The first kappa shape index (κ1) is 21.7. The third-order valence-corrected chi connectivity index (χ3v) is 5.16. The molecule has 3 amide bonds. The van der Waals surface area contributed by atoms with Crippen LogP contribution in [0.25, 0.3) is 0 Å². The highest BCUT2D eigenvalue weighted by Crippen LogP contribution is 2.14. The van der Waals surface area contributed by atoms with Crippen LogP contribution in [0.2, 0.25) is 0 Å². The summed E-state index contributed by atoms with van der Waals surface area (Å²) in [6, 6.07) is 9.27. The van der Waals surface area contributed by atoms with E-state index >= 15 is 0 Å². The highest BCUT2D eigenvalue weighted by molar-refractivity contribution is 8.00. The van der Waals surface area contributed by atoms with Crippen LogP contribution in [-0.4, -0.2) is 41.2 Å². The third-order valence-electron chi connectivity index (χ3n) is 4.14. The van der Waals surface area contributed by atoms with E-state index in [1.54, 1.807) is 6.07 Å². The molecule has 1 aliphatic rings. The maximum absolute atomic E-state index is 13.2. The largest absolute Gasteiger partial charge is 0.338 e. The van der Waals surface area contributed by atoms with Crippen molar-refractivity contribution in [3.05, 3.63) is 65.7 Å². The van der Waals surface area contributed by atoms with Gasteiger partial charge in [-0.05, 0) is 42.5 Å². The van der Waals surface area contributed by atoms with Crippen LogP contribution in [0.4, 0.5) is 14.5 Å². The lowest BCUT2D eigenvalue weighted by atomic mass is 10.1. The van der Waals surface area contributed by atoms with Gasteiger partial charge in [-0.15, -0.1) is 11.8 Å². The van der Waals surface area contributed by atoms with Crippen LogP contribution in [-0.2, 0) is 9.59 Å². The summed E-state index contributed by atoms with van der Waals surface area (Å²) >= 11 is 1.07. The molecule has 11 heteroatoms. The van der Waals surface area contributed by atoms with Crippen molar-refractivity contribution in [3.8, 4) is 0 Å². The minimum atomic E-state index is -1.06. The molecule has 0 aliphatic carbocycles. The minimum absolute atomic E-state index is 0.0339. The first-order valence-electron chi connectivity index (χ1n) is 8.87. The molecule has 0 saturated carbocycles. The van der Waals surface area contributed by atoms with E-state index < -0.39 is 41.2 Å². The quantitative estimate of drug-likeness (QED) is 0.455. The number of anilines is 1. The molecule has 1 heterocycles. The zero-order chi connectivity index (χ0) is 21.7. The number of halogens is 2. The lowest BCUT2D eigenvalue weighted by Crippen LogP contribution is -2.70. The molecule has 158 valence electrons. The van der Waals surface area contributed by atoms with Crippen LogP contribution in [0.1, 0.15) is 10.4 Å². The Kier molecular flexibility index (Phi) is 6.98. The standard InChI is InChI=1S/C19H19F2N5O3S/c20-11-6-4-10(5-7-11)17(28)24-15-16(22)25-19(26-18(15)29)30-9-14(27)23-13-3-1-2-12(21)8-13/h1-8,15-16,19,25H,9,22H2,(H,23,27)(H,24,28)(H,26,29). The van der Waals surface area contributed by atoms with Gasteiger partial charge in [-0.25, -0.2) is 8.78 Å². The zero-order valence-electron chi connectivity index (χ0n) is 15.5. The van der Waals surface area contributed by atoms with Crippen LogP contribution in [0.15, 0.2) is 48.5 Å². The summed E-state index contributed by atoms with van der Waals surface area (Å²) in [4.78, 5) is 36.6. The van der Waals surface area contributed by atoms with E-state index in [0.29, 0.717) is 5.69 Å². The fourth-order valence-corrected chi connectivity index (χ4v) is 3.53. The van der Waals surface area contributed by atoms with Crippen LogP contribution < -0.4 is 27.0 Å². The molecule has 2 aromatic carbocycles. The van der Waals surface area contributed by atoms with E-state index in [0.717, 1.165) is 23.9 Å². The Balaban J connectivity index is 1.49.